The summed E-state index contributed by atoms with van der Waals surface area (Å²) in [5.74, 6) is 0. The van der Waals surface area contributed by atoms with Gasteiger partial charge in [0.25, 0.3) is 0 Å². The van der Waals surface area contributed by atoms with E-state index in [0.717, 1.165) is 10.9 Å². The van der Waals surface area contributed by atoms with E-state index < -0.39 is 9.84 Å². The van der Waals surface area contributed by atoms with Gasteiger partial charge in [0.2, 0.25) is 0 Å². The van der Waals surface area contributed by atoms with E-state index in [1.807, 2.05) is 24.3 Å². The lowest BCUT2D eigenvalue weighted by Crippen LogP contribution is -2.02. The van der Waals surface area contributed by atoms with Crippen LogP contribution in [0.5, 0.6) is 0 Å². The van der Waals surface area contributed by atoms with Gasteiger partial charge in [-0.15, -0.1) is 0 Å². The number of aromatic nitrogens is 2. The van der Waals surface area contributed by atoms with Crippen LogP contribution in [0.3, 0.4) is 0 Å². The van der Waals surface area contributed by atoms with Crippen LogP contribution in [0.4, 0.5) is 0 Å². The van der Waals surface area contributed by atoms with Crippen LogP contribution in [0.15, 0.2) is 46.0 Å². The first-order valence-corrected chi connectivity index (χ1v) is 8.10. The van der Waals surface area contributed by atoms with Crippen LogP contribution in [0.2, 0.25) is 0 Å². The van der Waals surface area contributed by atoms with Crippen LogP contribution in [-0.4, -0.2) is 24.5 Å². The van der Waals surface area contributed by atoms with E-state index in [0.29, 0.717) is 6.54 Å². The van der Waals surface area contributed by atoms with E-state index in [-0.39, 0.29) is 4.90 Å². The molecular formula is C12H13BrN2O2S. The predicted molar refractivity (Wildman–Crippen MR) is 73.2 cm³/mol. The third-order valence-corrected chi connectivity index (χ3v) is 4.12. The number of benzene rings is 1. The van der Waals surface area contributed by atoms with E-state index >= 15 is 0 Å². The maximum absolute atomic E-state index is 11.3. The molecule has 0 unspecified atom stereocenters. The lowest BCUT2D eigenvalue weighted by Gasteiger charge is -2.02. The second kappa shape index (κ2) is 5.24. The maximum atomic E-state index is 11.3. The molecule has 6 heteroatoms. The van der Waals surface area contributed by atoms with Crippen molar-refractivity contribution >= 4 is 25.8 Å². The lowest BCUT2D eigenvalue weighted by atomic mass is 10.1. The van der Waals surface area contributed by atoms with Crippen molar-refractivity contribution in [3.05, 3.63) is 46.7 Å². The zero-order valence-corrected chi connectivity index (χ0v) is 12.3. The summed E-state index contributed by atoms with van der Waals surface area (Å²) in [6, 6.07) is 8.02. The maximum Gasteiger partial charge on any atom is 0.178 e. The van der Waals surface area contributed by atoms with Gasteiger partial charge in [-0.1, -0.05) is 28.1 Å². The molecule has 2 rings (SSSR count). The van der Waals surface area contributed by atoms with Crippen molar-refractivity contribution < 1.29 is 8.42 Å². The molecule has 0 N–H and O–H groups in total. The summed E-state index contributed by atoms with van der Waals surface area (Å²) in [6.45, 7) is 0.659. The molecule has 96 valence electrons. The van der Waals surface area contributed by atoms with Gasteiger partial charge in [0.15, 0.2) is 9.84 Å². The number of hydrogen-bond acceptors (Lipinski definition) is 3. The Bertz CT molecular complexity index is 650. The smallest absolute Gasteiger partial charge is 0.178 e. The summed E-state index contributed by atoms with van der Waals surface area (Å²) in [5, 5.41) is 4.05. The van der Waals surface area contributed by atoms with Crippen molar-refractivity contribution in [1.29, 1.82) is 0 Å². The van der Waals surface area contributed by atoms with Crippen LogP contribution >= 0.6 is 15.9 Å². The zero-order chi connectivity index (χ0) is 13.2. The van der Waals surface area contributed by atoms with Crippen molar-refractivity contribution in [3.8, 4) is 0 Å². The van der Waals surface area contributed by atoms with Gasteiger partial charge in [-0.05, 0) is 24.1 Å². The molecule has 0 bridgehead atoms. The quantitative estimate of drug-likeness (QED) is 0.865. The Morgan fingerprint density at radius 3 is 2.78 bits per heavy atom. The first kappa shape index (κ1) is 13.3. The molecule has 18 heavy (non-hydrogen) atoms. The van der Waals surface area contributed by atoms with E-state index in [9.17, 15) is 8.42 Å². The largest absolute Gasteiger partial charge is 0.271 e. The minimum Gasteiger partial charge on any atom is -0.271 e. The molecule has 0 saturated heterocycles. The minimum atomic E-state index is -3.16. The Morgan fingerprint density at radius 2 is 2.17 bits per heavy atom. The average Bonchev–Trinajstić information content (AvgIpc) is 2.74. The first-order valence-electron chi connectivity index (χ1n) is 5.42. The fraction of sp³-hybridized carbons (Fsp3) is 0.250. The Kier molecular flexibility index (Phi) is 3.87. The highest BCUT2D eigenvalue weighted by Crippen LogP contribution is 2.13. The predicted octanol–water partition coefficient (Wildman–Crippen LogP) is 2.29. The van der Waals surface area contributed by atoms with Crippen LogP contribution in [0, 0.1) is 0 Å². The van der Waals surface area contributed by atoms with Gasteiger partial charge >= 0.3 is 0 Å². The van der Waals surface area contributed by atoms with Gasteiger partial charge in [0.1, 0.15) is 4.90 Å². The SMILES string of the molecule is CS(=O)(=O)c1cnn(CCc2cccc(Br)c2)c1. The van der Waals surface area contributed by atoms with Crippen molar-refractivity contribution in [1.82, 2.24) is 9.78 Å². The van der Waals surface area contributed by atoms with Gasteiger partial charge in [-0.25, -0.2) is 8.42 Å². The number of aryl methyl sites for hydroxylation is 2. The van der Waals surface area contributed by atoms with Gasteiger partial charge in [0.05, 0.1) is 6.20 Å². The molecule has 0 spiro atoms. The second-order valence-corrected chi connectivity index (χ2v) is 7.02. The topological polar surface area (TPSA) is 52.0 Å². The zero-order valence-electron chi connectivity index (χ0n) is 9.88. The highest BCUT2D eigenvalue weighted by atomic mass is 79.9. The average molecular weight is 329 g/mol. The van der Waals surface area contributed by atoms with Gasteiger partial charge in [0, 0.05) is 23.5 Å². The molecular weight excluding hydrogens is 316 g/mol. The number of sulfone groups is 1. The molecule has 0 radical (unpaired) electrons. The third kappa shape index (κ3) is 3.43. The molecule has 1 aromatic carbocycles. The van der Waals surface area contributed by atoms with Crippen LogP contribution in [-0.2, 0) is 22.8 Å². The molecule has 0 saturated carbocycles. The third-order valence-electron chi connectivity index (χ3n) is 2.56. The summed E-state index contributed by atoms with van der Waals surface area (Å²) in [7, 11) is -3.16. The second-order valence-electron chi connectivity index (χ2n) is 4.09. The molecule has 0 aliphatic heterocycles. The van der Waals surface area contributed by atoms with E-state index in [2.05, 4.69) is 21.0 Å². The highest BCUT2D eigenvalue weighted by molar-refractivity contribution is 9.10. The van der Waals surface area contributed by atoms with Crippen LogP contribution in [0.1, 0.15) is 5.56 Å². The van der Waals surface area contributed by atoms with E-state index in [1.165, 1.54) is 18.0 Å². The monoisotopic (exact) mass is 328 g/mol. The fourth-order valence-corrected chi connectivity index (χ4v) is 2.59. The van der Waals surface area contributed by atoms with Crippen molar-refractivity contribution in [2.24, 2.45) is 0 Å². The van der Waals surface area contributed by atoms with Gasteiger partial charge in [-0.2, -0.15) is 5.10 Å². The molecule has 0 atom stereocenters. The summed E-state index contributed by atoms with van der Waals surface area (Å²) >= 11 is 3.42. The first-order chi connectivity index (χ1) is 8.45. The summed E-state index contributed by atoms with van der Waals surface area (Å²) in [4.78, 5) is 0.261. The van der Waals surface area contributed by atoms with Crippen LogP contribution < -0.4 is 0 Å². The molecule has 0 aliphatic rings. The number of nitrogens with zero attached hydrogens (tertiary/aromatic N) is 2. The number of rotatable bonds is 4. The fourth-order valence-electron chi connectivity index (χ4n) is 1.59. The summed E-state index contributed by atoms with van der Waals surface area (Å²) in [5.41, 5.74) is 1.18. The summed E-state index contributed by atoms with van der Waals surface area (Å²) in [6.07, 6.45) is 4.94. The molecule has 1 heterocycles. The number of halogens is 1. The Balaban J connectivity index is 2.05. The summed E-state index contributed by atoms with van der Waals surface area (Å²) < 4.78 is 25.3. The van der Waals surface area contributed by atoms with E-state index in [1.54, 1.807) is 10.9 Å². The Hall–Kier alpha value is -1.14. The molecule has 0 amide bonds. The molecule has 1 aromatic heterocycles. The minimum absolute atomic E-state index is 0.261. The normalized spacial score (nSPS) is 11.7. The molecule has 0 fully saturated rings. The lowest BCUT2D eigenvalue weighted by molar-refractivity contribution is 0.599. The standard InChI is InChI=1S/C12H13BrN2O2S/c1-18(16,17)12-8-14-15(9-12)6-5-10-3-2-4-11(13)7-10/h2-4,7-9H,5-6H2,1H3. The van der Waals surface area contributed by atoms with Crippen molar-refractivity contribution in [2.45, 2.75) is 17.9 Å². The van der Waals surface area contributed by atoms with E-state index in [4.69, 9.17) is 0 Å². The Labute approximate surface area is 115 Å². The van der Waals surface area contributed by atoms with Crippen molar-refractivity contribution in [2.75, 3.05) is 6.26 Å². The number of hydrogen-bond donors (Lipinski definition) is 0. The van der Waals surface area contributed by atoms with Crippen LogP contribution in [0.25, 0.3) is 0 Å². The molecule has 4 nitrogen and oxygen atoms in total. The molecule has 0 aliphatic carbocycles. The van der Waals surface area contributed by atoms with Gasteiger partial charge in [-0.3, -0.25) is 4.68 Å². The van der Waals surface area contributed by atoms with Gasteiger partial charge < -0.3 is 0 Å². The highest BCUT2D eigenvalue weighted by Gasteiger charge is 2.09. The van der Waals surface area contributed by atoms with Crippen molar-refractivity contribution in [3.63, 3.8) is 0 Å². The Morgan fingerprint density at radius 1 is 1.39 bits per heavy atom. The molecule has 2 aromatic rings.